The Labute approximate surface area is 156 Å². The molecule has 0 radical (unpaired) electrons. The third-order valence-electron chi connectivity index (χ3n) is 4.16. The number of fused-ring (bicyclic) bond motifs is 1. The molecule has 4 rings (SSSR count). The summed E-state index contributed by atoms with van der Waals surface area (Å²) < 4.78 is 33.3. The predicted octanol–water partition coefficient (Wildman–Crippen LogP) is 4.04. The largest absolute Gasteiger partial charge is 0.495 e. The minimum Gasteiger partial charge on any atom is -0.495 e. The normalized spacial score (nSPS) is 11.4. The summed E-state index contributed by atoms with van der Waals surface area (Å²) in [5, 5.41) is 0. The molecule has 1 aromatic heterocycles. The van der Waals surface area contributed by atoms with Gasteiger partial charge in [-0.2, -0.15) is 0 Å². The molecule has 0 aliphatic rings. The van der Waals surface area contributed by atoms with Crippen molar-refractivity contribution in [2.45, 2.75) is 4.90 Å². The van der Waals surface area contributed by atoms with E-state index in [0.29, 0.717) is 17.3 Å². The lowest BCUT2D eigenvalue weighted by atomic mass is 10.2. The number of hydrogen-bond acceptors (Lipinski definition) is 4. The second kappa shape index (κ2) is 6.77. The van der Waals surface area contributed by atoms with Gasteiger partial charge in [-0.3, -0.25) is 4.72 Å². The van der Waals surface area contributed by atoms with Gasteiger partial charge in [0.05, 0.1) is 28.7 Å². The fourth-order valence-corrected chi connectivity index (χ4v) is 3.91. The van der Waals surface area contributed by atoms with Crippen LogP contribution in [0, 0.1) is 0 Å². The van der Waals surface area contributed by atoms with Crippen molar-refractivity contribution in [2.24, 2.45) is 0 Å². The van der Waals surface area contributed by atoms with Crippen molar-refractivity contribution in [3.8, 4) is 17.1 Å². The van der Waals surface area contributed by atoms with Crippen molar-refractivity contribution >= 4 is 26.7 Å². The summed E-state index contributed by atoms with van der Waals surface area (Å²) in [4.78, 5) is 7.98. The van der Waals surface area contributed by atoms with Gasteiger partial charge < -0.3 is 9.72 Å². The van der Waals surface area contributed by atoms with Gasteiger partial charge in [0.25, 0.3) is 10.0 Å². The highest BCUT2D eigenvalue weighted by atomic mass is 32.2. The van der Waals surface area contributed by atoms with E-state index in [1.54, 1.807) is 30.3 Å². The van der Waals surface area contributed by atoms with E-state index in [4.69, 9.17) is 4.74 Å². The second-order valence-electron chi connectivity index (χ2n) is 5.94. The number of hydrogen-bond donors (Lipinski definition) is 2. The SMILES string of the molecule is COc1ccc(-c2nc3ccccc3[nH]2)cc1NS(=O)(=O)c1ccccc1. The number of aromatic amines is 1. The summed E-state index contributed by atoms with van der Waals surface area (Å²) in [5.41, 5.74) is 2.85. The second-order valence-corrected chi connectivity index (χ2v) is 7.62. The average Bonchev–Trinajstić information content (AvgIpc) is 3.12. The Bertz CT molecular complexity index is 1170. The Hall–Kier alpha value is -3.32. The molecule has 6 nitrogen and oxygen atoms in total. The summed E-state index contributed by atoms with van der Waals surface area (Å²) in [7, 11) is -2.23. The summed E-state index contributed by atoms with van der Waals surface area (Å²) in [6, 6.07) is 21.1. The molecule has 3 aromatic carbocycles. The zero-order chi connectivity index (χ0) is 18.9. The lowest BCUT2D eigenvalue weighted by Crippen LogP contribution is -2.13. The van der Waals surface area contributed by atoms with Crippen LogP contribution in [0.1, 0.15) is 0 Å². The molecule has 0 spiro atoms. The average molecular weight is 379 g/mol. The number of anilines is 1. The Morgan fingerprint density at radius 3 is 2.44 bits per heavy atom. The number of rotatable bonds is 5. The van der Waals surface area contributed by atoms with Crippen LogP contribution in [-0.4, -0.2) is 25.5 Å². The number of benzene rings is 3. The Morgan fingerprint density at radius 1 is 0.963 bits per heavy atom. The first-order chi connectivity index (χ1) is 13.1. The summed E-state index contributed by atoms with van der Waals surface area (Å²) in [6.45, 7) is 0. The van der Waals surface area contributed by atoms with Gasteiger partial charge >= 0.3 is 0 Å². The van der Waals surface area contributed by atoms with E-state index in [2.05, 4.69) is 14.7 Å². The molecule has 7 heteroatoms. The molecule has 4 aromatic rings. The van der Waals surface area contributed by atoms with Gasteiger partial charge in [0.1, 0.15) is 11.6 Å². The third kappa shape index (κ3) is 3.37. The van der Waals surface area contributed by atoms with E-state index in [1.165, 1.54) is 19.2 Å². The predicted molar refractivity (Wildman–Crippen MR) is 105 cm³/mol. The zero-order valence-corrected chi connectivity index (χ0v) is 15.3. The topological polar surface area (TPSA) is 84.1 Å². The van der Waals surface area contributed by atoms with Crippen molar-refractivity contribution in [1.29, 1.82) is 0 Å². The fourth-order valence-electron chi connectivity index (χ4n) is 2.83. The Balaban J connectivity index is 1.75. The smallest absolute Gasteiger partial charge is 0.262 e. The van der Waals surface area contributed by atoms with Gasteiger partial charge in [0.15, 0.2) is 0 Å². The molecule has 1 heterocycles. The van der Waals surface area contributed by atoms with Crippen LogP contribution in [0.2, 0.25) is 0 Å². The standard InChI is InChI=1S/C20H17N3O3S/c1-26-19-12-11-14(20-21-16-9-5-6-10-17(16)22-20)13-18(19)23-27(24,25)15-7-3-2-4-8-15/h2-13,23H,1H3,(H,21,22). The quantitative estimate of drug-likeness (QED) is 0.548. The Morgan fingerprint density at radius 2 is 1.70 bits per heavy atom. The molecule has 0 unspecified atom stereocenters. The summed E-state index contributed by atoms with van der Waals surface area (Å²) in [6.07, 6.45) is 0. The molecule has 0 amide bonds. The van der Waals surface area contributed by atoms with Crippen molar-refractivity contribution in [3.63, 3.8) is 0 Å². The monoisotopic (exact) mass is 379 g/mol. The van der Waals surface area contributed by atoms with Crippen LogP contribution < -0.4 is 9.46 Å². The molecule has 0 saturated heterocycles. The van der Waals surface area contributed by atoms with Gasteiger partial charge in [-0.05, 0) is 42.5 Å². The molecule has 0 aliphatic heterocycles. The van der Waals surface area contributed by atoms with Crippen molar-refractivity contribution in [1.82, 2.24) is 9.97 Å². The summed E-state index contributed by atoms with van der Waals surface area (Å²) >= 11 is 0. The number of sulfonamides is 1. The van der Waals surface area contributed by atoms with Gasteiger partial charge in [-0.15, -0.1) is 0 Å². The number of imidazole rings is 1. The minimum absolute atomic E-state index is 0.182. The Kier molecular flexibility index (Phi) is 4.29. The minimum atomic E-state index is -3.73. The first kappa shape index (κ1) is 17.1. The number of nitrogens with one attached hydrogen (secondary N) is 2. The first-order valence-corrected chi connectivity index (χ1v) is 9.76. The fraction of sp³-hybridized carbons (Fsp3) is 0.0500. The first-order valence-electron chi connectivity index (χ1n) is 8.28. The van der Waals surface area contributed by atoms with E-state index in [-0.39, 0.29) is 4.90 Å². The van der Waals surface area contributed by atoms with Crippen LogP contribution in [0.15, 0.2) is 77.7 Å². The molecule has 2 N–H and O–H groups in total. The van der Waals surface area contributed by atoms with Gasteiger partial charge in [0.2, 0.25) is 0 Å². The highest BCUT2D eigenvalue weighted by molar-refractivity contribution is 7.92. The van der Waals surface area contributed by atoms with Crippen molar-refractivity contribution < 1.29 is 13.2 Å². The number of ether oxygens (including phenoxy) is 1. The molecular formula is C20H17N3O3S. The van der Waals surface area contributed by atoms with Crippen LogP contribution in [0.5, 0.6) is 5.75 Å². The van der Waals surface area contributed by atoms with Gasteiger partial charge in [-0.1, -0.05) is 30.3 Å². The molecule has 0 saturated carbocycles. The maximum Gasteiger partial charge on any atom is 0.262 e. The molecule has 0 atom stereocenters. The van der Waals surface area contributed by atoms with Crippen molar-refractivity contribution in [3.05, 3.63) is 72.8 Å². The lowest BCUT2D eigenvalue weighted by molar-refractivity contribution is 0.417. The van der Waals surface area contributed by atoms with Crippen LogP contribution in [0.25, 0.3) is 22.4 Å². The van der Waals surface area contributed by atoms with Gasteiger partial charge in [0, 0.05) is 5.56 Å². The molecule has 0 bridgehead atoms. The van der Waals surface area contributed by atoms with E-state index in [0.717, 1.165) is 16.6 Å². The maximum atomic E-state index is 12.7. The number of aromatic nitrogens is 2. The zero-order valence-electron chi connectivity index (χ0n) is 14.5. The van der Waals surface area contributed by atoms with E-state index < -0.39 is 10.0 Å². The van der Waals surface area contributed by atoms with Crippen LogP contribution in [0.4, 0.5) is 5.69 Å². The molecular weight excluding hydrogens is 362 g/mol. The maximum absolute atomic E-state index is 12.7. The van der Waals surface area contributed by atoms with E-state index in [1.807, 2.05) is 30.3 Å². The number of para-hydroxylation sites is 2. The van der Waals surface area contributed by atoms with Crippen molar-refractivity contribution in [2.75, 3.05) is 11.8 Å². The third-order valence-corrected chi connectivity index (χ3v) is 5.54. The van der Waals surface area contributed by atoms with Gasteiger partial charge in [-0.25, -0.2) is 13.4 Å². The van der Waals surface area contributed by atoms with Crippen LogP contribution in [-0.2, 0) is 10.0 Å². The highest BCUT2D eigenvalue weighted by Crippen LogP contribution is 2.32. The van der Waals surface area contributed by atoms with Crippen LogP contribution >= 0.6 is 0 Å². The summed E-state index contributed by atoms with van der Waals surface area (Å²) in [5.74, 6) is 1.08. The highest BCUT2D eigenvalue weighted by Gasteiger charge is 2.17. The number of nitrogens with zero attached hydrogens (tertiary/aromatic N) is 1. The van der Waals surface area contributed by atoms with Crippen LogP contribution in [0.3, 0.4) is 0 Å². The molecule has 0 fully saturated rings. The number of methoxy groups -OCH3 is 1. The molecule has 27 heavy (non-hydrogen) atoms. The molecule has 0 aliphatic carbocycles. The van der Waals surface area contributed by atoms with E-state index in [9.17, 15) is 8.42 Å². The van der Waals surface area contributed by atoms with E-state index >= 15 is 0 Å². The number of H-pyrrole nitrogens is 1. The molecule has 136 valence electrons. The lowest BCUT2D eigenvalue weighted by Gasteiger charge is -2.13.